The molecule has 10 rings (SSSR count). The van der Waals surface area contributed by atoms with E-state index < -0.39 is 0 Å². The lowest BCUT2D eigenvalue weighted by Crippen LogP contribution is -2.15. The van der Waals surface area contributed by atoms with Gasteiger partial charge in [-0.05, 0) is 105 Å². The zero-order valence-corrected chi connectivity index (χ0v) is 26.5. The van der Waals surface area contributed by atoms with Crippen molar-refractivity contribution in [2.45, 2.75) is 19.3 Å². The van der Waals surface area contributed by atoms with Gasteiger partial charge in [-0.15, -0.1) is 0 Å². The Morgan fingerprint density at radius 2 is 0.851 bits per heavy atom. The standard InChI is InChI=1S/C47H32/c1-47(2)42-15-9-8-14-40(42)46-37-13-7-6-12-36(37)41(28-43(46)47)31-18-16-30(17-19-31)35-25-21-33-22-26-38-34(29-10-4-3-5-11-29)24-20-32-23-27-39(35)45(33)44(32)38/h3-28H,1-2H3. The zero-order valence-electron chi connectivity index (χ0n) is 26.5. The molecular weight excluding hydrogens is 565 g/mol. The molecule has 0 heterocycles. The van der Waals surface area contributed by atoms with Crippen molar-refractivity contribution in [1.29, 1.82) is 0 Å². The molecule has 0 N–H and O–H groups in total. The van der Waals surface area contributed by atoms with Crippen LogP contribution in [-0.4, -0.2) is 0 Å². The van der Waals surface area contributed by atoms with Crippen molar-refractivity contribution in [3.63, 3.8) is 0 Å². The minimum absolute atomic E-state index is 0.0489. The highest BCUT2D eigenvalue weighted by molar-refractivity contribution is 6.27. The summed E-state index contributed by atoms with van der Waals surface area (Å²) in [5.74, 6) is 0. The van der Waals surface area contributed by atoms with E-state index in [1.807, 2.05) is 0 Å². The molecule has 220 valence electrons. The number of fused-ring (bicyclic) bond motifs is 5. The van der Waals surface area contributed by atoms with Crippen LogP contribution in [0.2, 0.25) is 0 Å². The summed E-state index contributed by atoms with van der Waals surface area (Å²) in [6.07, 6.45) is 0. The Bertz CT molecular complexity index is 2670. The van der Waals surface area contributed by atoms with Crippen molar-refractivity contribution in [3.8, 4) is 44.5 Å². The Morgan fingerprint density at radius 3 is 1.51 bits per heavy atom. The smallest absolute Gasteiger partial charge is 0.0159 e. The molecular formula is C47H32. The van der Waals surface area contributed by atoms with Crippen LogP contribution in [0.15, 0.2) is 158 Å². The Hall–Kier alpha value is -5.72. The SMILES string of the molecule is CC1(C)c2ccccc2-c2c1cc(-c1ccc(-c3ccc4ccc5c(-c6ccccc6)ccc6ccc3c4c65)cc1)c1ccccc21. The van der Waals surface area contributed by atoms with Gasteiger partial charge < -0.3 is 0 Å². The van der Waals surface area contributed by atoms with E-state index in [0.29, 0.717) is 0 Å². The second-order valence-electron chi connectivity index (χ2n) is 13.7. The van der Waals surface area contributed by atoms with E-state index in [2.05, 4.69) is 172 Å². The molecule has 0 bridgehead atoms. The Kier molecular flexibility index (Phi) is 5.44. The summed E-state index contributed by atoms with van der Waals surface area (Å²) < 4.78 is 0. The largest absolute Gasteiger partial charge is 0.0622 e. The molecule has 0 unspecified atom stereocenters. The van der Waals surface area contributed by atoms with Gasteiger partial charge in [0.05, 0.1) is 0 Å². The summed E-state index contributed by atoms with van der Waals surface area (Å²) in [5, 5.41) is 10.6. The number of hydrogen-bond donors (Lipinski definition) is 0. The topological polar surface area (TPSA) is 0 Å². The normalized spacial score (nSPS) is 13.5. The van der Waals surface area contributed by atoms with E-state index in [1.54, 1.807) is 0 Å². The monoisotopic (exact) mass is 596 g/mol. The first-order valence-electron chi connectivity index (χ1n) is 16.6. The van der Waals surface area contributed by atoms with Crippen molar-refractivity contribution in [3.05, 3.63) is 169 Å². The molecule has 0 heteroatoms. The van der Waals surface area contributed by atoms with Crippen LogP contribution in [0.1, 0.15) is 25.0 Å². The summed E-state index contributed by atoms with van der Waals surface area (Å²) in [4.78, 5) is 0. The van der Waals surface area contributed by atoms with Crippen molar-refractivity contribution in [2.75, 3.05) is 0 Å². The van der Waals surface area contributed by atoms with Crippen molar-refractivity contribution >= 4 is 43.1 Å². The van der Waals surface area contributed by atoms with Crippen LogP contribution >= 0.6 is 0 Å². The summed E-state index contributed by atoms with van der Waals surface area (Å²) in [6.45, 7) is 4.74. The van der Waals surface area contributed by atoms with Crippen LogP contribution in [0.25, 0.3) is 87.6 Å². The summed E-state index contributed by atoms with van der Waals surface area (Å²) >= 11 is 0. The summed E-state index contributed by atoms with van der Waals surface area (Å²) in [6, 6.07) is 58.8. The van der Waals surface area contributed by atoms with Crippen LogP contribution < -0.4 is 0 Å². The average molecular weight is 597 g/mol. The minimum atomic E-state index is -0.0489. The van der Waals surface area contributed by atoms with E-state index in [-0.39, 0.29) is 5.41 Å². The summed E-state index contributed by atoms with van der Waals surface area (Å²) in [5.41, 5.74) is 13.2. The third-order valence-electron chi connectivity index (χ3n) is 10.8. The molecule has 9 aromatic rings. The van der Waals surface area contributed by atoms with Gasteiger partial charge in [0.15, 0.2) is 0 Å². The first-order valence-corrected chi connectivity index (χ1v) is 16.6. The predicted octanol–water partition coefficient (Wildman–Crippen LogP) is 13.0. The summed E-state index contributed by atoms with van der Waals surface area (Å²) in [7, 11) is 0. The highest BCUT2D eigenvalue weighted by Gasteiger charge is 2.36. The third-order valence-corrected chi connectivity index (χ3v) is 10.8. The zero-order chi connectivity index (χ0) is 31.3. The van der Waals surface area contributed by atoms with Gasteiger partial charge in [-0.25, -0.2) is 0 Å². The van der Waals surface area contributed by atoms with Gasteiger partial charge in [-0.1, -0.05) is 166 Å². The fraction of sp³-hybridized carbons (Fsp3) is 0.0638. The van der Waals surface area contributed by atoms with Crippen LogP contribution in [-0.2, 0) is 5.41 Å². The van der Waals surface area contributed by atoms with E-state index in [0.717, 1.165) is 0 Å². The maximum absolute atomic E-state index is 2.47. The number of hydrogen-bond acceptors (Lipinski definition) is 0. The van der Waals surface area contributed by atoms with Crippen molar-refractivity contribution in [2.24, 2.45) is 0 Å². The van der Waals surface area contributed by atoms with Gasteiger partial charge in [-0.3, -0.25) is 0 Å². The van der Waals surface area contributed by atoms with Crippen LogP contribution in [0.5, 0.6) is 0 Å². The molecule has 0 saturated carbocycles. The lowest BCUT2D eigenvalue weighted by atomic mass is 9.80. The minimum Gasteiger partial charge on any atom is -0.0622 e. The first-order chi connectivity index (χ1) is 23.1. The van der Waals surface area contributed by atoms with Crippen molar-refractivity contribution in [1.82, 2.24) is 0 Å². The molecule has 9 aromatic carbocycles. The molecule has 1 aliphatic carbocycles. The van der Waals surface area contributed by atoms with Crippen LogP contribution in [0.3, 0.4) is 0 Å². The maximum atomic E-state index is 2.47. The molecule has 0 amide bonds. The lowest BCUT2D eigenvalue weighted by Gasteiger charge is -2.23. The molecule has 47 heavy (non-hydrogen) atoms. The van der Waals surface area contributed by atoms with Crippen molar-refractivity contribution < 1.29 is 0 Å². The molecule has 0 saturated heterocycles. The van der Waals surface area contributed by atoms with E-state index in [1.165, 1.54) is 98.7 Å². The molecule has 0 nitrogen and oxygen atoms in total. The molecule has 0 atom stereocenters. The molecule has 0 radical (unpaired) electrons. The predicted molar refractivity (Wildman–Crippen MR) is 202 cm³/mol. The van der Waals surface area contributed by atoms with Gasteiger partial charge in [0.2, 0.25) is 0 Å². The van der Waals surface area contributed by atoms with Gasteiger partial charge in [0.1, 0.15) is 0 Å². The lowest BCUT2D eigenvalue weighted by molar-refractivity contribution is 0.661. The maximum Gasteiger partial charge on any atom is 0.0159 e. The van der Waals surface area contributed by atoms with Gasteiger partial charge in [-0.2, -0.15) is 0 Å². The molecule has 0 aliphatic heterocycles. The Labute approximate surface area is 274 Å². The first kappa shape index (κ1) is 26.5. The van der Waals surface area contributed by atoms with E-state index >= 15 is 0 Å². The molecule has 0 fully saturated rings. The second kappa shape index (κ2) is 9.64. The second-order valence-corrected chi connectivity index (χ2v) is 13.7. The fourth-order valence-corrected chi connectivity index (χ4v) is 8.54. The Balaban J connectivity index is 1.14. The number of rotatable bonds is 3. The van der Waals surface area contributed by atoms with Crippen LogP contribution in [0, 0.1) is 0 Å². The molecule has 1 aliphatic rings. The highest BCUT2D eigenvalue weighted by Crippen LogP contribution is 2.53. The molecule has 0 aromatic heterocycles. The van der Waals surface area contributed by atoms with Gasteiger partial charge in [0.25, 0.3) is 0 Å². The third kappa shape index (κ3) is 3.70. The average Bonchev–Trinajstić information content (AvgIpc) is 3.36. The Morgan fingerprint density at radius 1 is 0.340 bits per heavy atom. The molecule has 0 spiro atoms. The van der Waals surface area contributed by atoms with E-state index in [9.17, 15) is 0 Å². The van der Waals surface area contributed by atoms with E-state index in [4.69, 9.17) is 0 Å². The highest BCUT2D eigenvalue weighted by atomic mass is 14.4. The number of benzene rings is 9. The quantitative estimate of drug-likeness (QED) is 0.178. The fourth-order valence-electron chi connectivity index (χ4n) is 8.54. The van der Waals surface area contributed by atoms with Crippen LogP contribution in [0.4, 0.5) is 0 Å². The van der Waals surface area contributed by atoms with Gasteiger partial charge >= 0.3 is 0 Å². The van der Waals surface area contributed by atoms with Gasteiger partial charge in [0, 0.05) is 5.41 Å².